The average molecular weight is 319 g/mol. The van der Waals surface area contributed by atoms with E-state index in [4.69, 9.17) is 4.74 Å². The van der Waals surface area contributed by atoms with Gasteiger partial charge >= 0.3 is 0 Å². The lowest BCUT2D eigenvalue weighted by Crippen LogP contribution is -2.40. The summed E-state index contributed by atoms with van der Waals surface area (Å²) in [6.45, 7) is 2.59. The second kappa shape index (κ2) is 6.41. The first kappa shape index (κ1) is 16.1. The van der Waals surface area contributed by atoms with Gasteiger partial charge in [-0.05, 0) is 26.6 Å². The fourth-order valence-corrected chi connectivity index (χ4v) is 3.42. The Hall–Kier alpha value is -1.73. The normalized spacial score (nSPS) is 27.1. The highest BCUT2D eigenvalue weighted by atomic mass is 16.5. The van der Waals surface area contributed by atoms with E-state index in [-0.39, 0.29) is 17.6 Å². The number of nitrogens with zero attached hydrogens (tertiary/aromatic N) is 5. The maximum atomic E-state index is 12.2. The van der Waals surface area contributed by atoms with Crippen LogP contribution in [0.25, 0.3) is 0 Å². The molecule has 0 saturated carbocycles. The van der Waals surface area contributed by atoms with Gasteiger partial charge in [0, 0.05) is 39.0 Å². The zero-order valence-electron chi connectivity index (χ0n) is 14.1. The largest absolute Gasteiger partial charge is 0.371 e. The number of hydrogen-bond acceptors (Lipinski definition) is 6. The van der Waals surface area contributed by atoms with Crippen LogP contribution in [0.4, 0.5) is 5.95 Å². The molecule has 7 nitrogen and oxygen atoms in total. The minimum atomic E-state index is -0.199. The van der Waals surface area contributed by atoms with E-state index in [0.29, 0.717) is 19.7 Å². The maximum Gasteiger partial charge on any atom is 0.236 e. The van der Waals surface area contributed by atoms with Crippen molar-refractivity contribution in [3.05, 3.63) is 18.5 Å². The van der Waals surface area contributed by atoms with Crippen molar-refractivity contribution in [3.8, 4) is 0 Å². The molecule has 2 aliphatic heterocycles. The van der Waals surface area contributed by atoms with Crippen LogP contribution in [0.3, 0.4) is 0 Å². The molecule has 2 saturated heterocycles. The number of aromatic nitrogens is 2. The molecule has 3 rings (SSSR count). The molecule has 0 unspecified atom stereocenters. The standard InChI is InChI=1S/C16H25N5O2/c1-19(2)10-14(22)21-8-5-16(12-21)9-13(11-23-16)20(3)15-17-6-4-7-18-15/h4,6-7,13H,5,8-12H2,1-3H3/t13-,16+/m0/s1. The third-order valence-electron chi connectivity index (χ3n) is 4.73. The topological polar surface area (TPSA) is 61.8 Å². The molecule has 0 radical (unpaired) electrons. The predicted octanol–water partition coefficient (Wildman–Crippen LogP) is 0.234. The smallest absolute Gasteiger partial charge is 0.236 e. The molecule has 2 fully saturated rings. The van der Waals surface area contributed by atoms with Gasteiger partial charge < -0.3 is 19.4 Å². The van der Waals surface area contributed by atoms with Crippen LogP contribution in [0, 0.1) is 0 Å². The average Bonchev–Trinajstić information content (AvgIpc) is 3.15. The Bertz CT molecular complexity index is 553. The Morgan fingerprint density at radius 1 is 1.39 bits per heavy atom. The third kappa shape index (κ3) is 3.45. The van der Waals surface area contributed by atoms with Crippen LogP contribution >= 0.6 is 0 Å². The van der Waals surface area contributed by atoms with Gasteiger partial charge in [-0.2, -0.15) is 0 Å². The van der Waals surface area contributed by atoms with Crippen LogP contribution in [0.2, 0.25) is 0 Å². The molecule has 1 amide bonds. The van der Waals surface area contributed by atoms with Gasteiger partial charge in [0.1, 0.15) is 0 Å². The predicted molar refractivity (Wildman–Crippen MR) is 87.3 cm³/mol. The van der Waals surface area contributed by atoms with Gasteiger partial charge in [0.05, 0.1) is 24.8 Å². The van der Waals surface area contributed by atoms with E-state index in [2.05, 4.69) is 14.9 Å². The van der Waals surface area contributed by atoms with Crippen molar-refractivity contribution in [2.45, 2.75) is 24.5 Å². The van der Waals surface area contributed by atoms with E-state index in [1.165, 1.54) is 0 Å². The van der Waals surface area contributed by atoms with E-state index >= 15 is 0 Å². The molecule has 2 aliphatic rings. The highest BCUT2D eigenvalue weighted by Crippen LogP contribution is 2.37. The molecule has 1 aromatic rings. The summed E-state index contributed by atoms with van der Waals surface area (Å²) in [6, 6.07) is 2.07. The van der Waals surface area contributed by atoms with Gasteiger partial charge in [0.25, 0.3) is 0 Å². The van der Waals surface area contributed by atoms with Crippen molar-refractivity contribution in [3.63, 3.8) is 0 Å². The molecular weight excluding hydrogens is 294 g/mol. The van der Waals surface area contributed by atoms with E-state index in [1.807, 2.05) is 37.0 Å². The summed E-state index contributed by atoms with van der Waals surface area (Å²) < 4.78 is 6.14. The van der Waals surface area contributed by atoms with Gasteiger partial charge in [-0.15, -0.1) is 0 Å². The van der Waals surface area contributed by atoms with Gasteiger partial charge in [0.2, 0.25) is 11.9 Å². The van der Waals surface area contributed by atoms with E-state index in [9.17, 15) is 4.79 Å². The van der Waals surface area contributed by atoms with Crippen molar-refractivity contribution in [2.24, 2.45) is 0 Å². The first-order valence-corrected chi connectivity index (χ1v) is 8.05. The summed E-state index contributed by atoms with van der Waals surface area (Å²) in [5, 5.41) is 0. The fraction of sp³-hybridized carbons (Fsp3) is 0.688. The molecule has 0 bridgehead atoms. The van der Waals surface area contributed by atoms with E-state index in [1.54, 1.807) is 12.4 Å². The number of rotatable bonds is 4. The number of likely N-dealkylation sites (N-methyl/N-ethyl adjacent to an activating group) is 2. The lowest BCUT2D eigenvalue weighted by molar-refractivity contribution is -0.131. The second-order valence-electron chi connectivity index (χ2n) is 6.81. The van der Waals surface area contributed by atoms with Crippen LogP contribution in [0.5, 0.6) is 0 Å². The van der Waals surface area contributed by atoms with Crippen LogP contribution in [-0.4, -0.2) is 84.7 Å². The molecule has 23 heavy (non-hydrogen) atoms. The molecule has 0 aliphatic carbocycles. The summed E-state index contributed by atoms with van der Waals surface area (Å²) >= 11 is 0. The third-order valence-corrected chi connectivity index (χ3v) is 4.73. The SMILES string of the molecule is CN(C)CC(=O)N1CC[C@@]2(C[C@H](N(C)c3ncccn3)CO2)C1. The van der Waals surface area contributed by atoms with Gasteiger partial charge in [-0.1, -0.05) is 0 Å². The number of anilines is 1. The van der Waals surface area contributed by atoms with Crippen molar-refractivity contribution < 1.29 is 9.53 Å². The van der Waals surface area contributed by atoms with Gasteiger partial charge in [-0.25, -0.2) is 9.97 Å². The quantitative estimate of drug-likeness (QED) is 0.792. The van der Waals surface area contributed by atoms with Crippen LogP contribution in [0.1, 0.15) is 12.8 Å². The Labute approximate surface area is 137 Å². The lowest BCUT2D eigenvalue weighted by atomic mass is 9.97. The molecule has 7 heteroatoms. The summed E-state index contributed by atoms with van der Waals surface area (Å²) in [4.78, 5) is 26.8. The van der Waals surface area contributed by atoms with Gasteiger partial charge in [-0.3, -0.25) is 4.79 Å². The Morgan fingerprint density at radius 3 is 2.83 bits per heavy atom. The van der Waals surface area contributed by atoms with Gasteiger partial charge in [0.15, 0.2) is 0 Å². The number of amides is 1. The highest BCUT2D eigenvalue weighted by Gasteiger charge is 2.47. The second-order valence-corrected chi connectivity index (χ2v) is 6.81. The number of likely N-dealkylation sites (tertiary alicyclic amines) is 1. The Kier molecular flexibility index (Phi) is 4.50. The Morgan fingerprint density at radius 2 is 2.13 bits per heavy atom. The zero-order chi connectivity index (χ0) is 16.4. The molecule has 126 valence electrons. The summed E-state index contributed by atoms with van der Waals surface area (Å²) in [7, 11) is 5.84. The number of hydrogen-bond donors (Lipinski definition) is 0. The fourth-order valence-electron chi connectivity index (χ4n) is 3.42. The molecule has 1 spiro atoms. The van der Waals surface area contributed by atoms with E-state index < -0.39 is 0 Å². The molecule has 0 N–H and O–H groups in total. The number of carbonyl (C=O) groups is 1. The number of carbonyl (C=O) groups excluding carboxylic acids is 1. The van der Waals surface area contributed by atoms with Crippen molar-refractivity contribution in [1.82, 2.24) is 19.8 Å². The minimum Gasteiger partial charge on any atom is -0.371 e. The minimum absolute atomic E-state index is 0.179. The molecule has 1 aromatic heterocycles. The van der Waals surface area contributed by atoms with Crippen LogP contribution in [0.15, 0.2) is 18.5 Å². The zero-order valence-corrected chi connectivity index (χ0v) is 14.1. The lowest BCUT2D eigenvalue weighted by Gasteiger charge is -2.26. The van der Waals surface area contributed by atoms with Crippen molar-refractivity contribution in [2.75, 3.05) is 52.3 Å². The highest BCUT2D eigenvalue weighted by molar-refractivity contribution is 5.78. The molecule has 3 heterocycles. The van der Waals surface area contributed by atoms with Crippen LogP contribution in [-0.2, 0) is 9.53 Å². The Balaban J connectivity index is 1.60. The van der Waals surface area contributed by atoms with Crippen LogP contribution < -0.4 is 4.90 Å². The molecular formula is C16H25N5O2. The maximum absolute atomic E-state index is 12.2. The molecule has 2 atom stereocenters. The summed E-state index contributed by atoms with van der Waals surface area (Å²) in [5.74, 6) is 0.898. The first-order chi connectivity index (χ1) is 11.0. The monoisotopic (exact) mass is 319 g/mol. The number of ether oxygens (including phenoxy) is 1. The summed E-state index contributed by atoms with van der Waals surface area (Å²) in [6.07, 6.45) is 5.32. The van der Waals surface area contributed by atoms with Crippen molar-refractivity contribution >= 4 is 11.9 Å². The first-order valence-electron chi connectivity index (χ1n) is 8.05. The van der Waals surface area contributed by atoms with E-state index in [0.717, 1.165) is 25.3 Å². The van der Waals surface area contributed by atoms with Crippen molar-refractivity contribution in [1.29, 1.82) is 0 Å². The summed E-state index contributed by atoms with van der Waals surface area (Å²) in [5.41, 5.74) is -0.199. The molecule has 0 aromatic carbocycles.